The summed E-state index contributed by atoms with van der Waals surface area (Å²) >= 11 is 0. The maximum atomic E-state index is 12.7. The fourth-order valence-electron chi connectivity index (χ4n) is 2.24. The Morgan fingerprint density at radius 2 is 1.60 bits per heavy atom. The van der Waals surface area contributed by atoms with Gasteiger partial charge in [0.15, 0.2) is 5.52 Å². The molecule has 2 aromatic carbocycles. The Hall–Kier alpha value is -1.46. The normalized spacial score (nSPS) is 10.4. The molecular formula is C19H24LiO4P. The quantitative estimate of drug-likeness (QED) is 0.393. The van der Waals surface area contributed by atoms with Crippen LogP contribution in [-0.4, -0.2) is 45.2 Å². The van der Waals surface area contributed by atoms with Crippen molar-refractivity contribution in [3.05, 3.63) is 48.0 Å². The summed E-state index contributed by atoms with van der Waals surface area (Å²) in [5.41, 5.74) is 0.480. The molecule has 4 nitrogen and oxygen atoms in total. The number of unbranched alkanes of at least 4 members (excludes halogenated alkanes) is 1. The SMILES string of the molecule is CCCCOc1ccc(PC(=O)c2c(OC)cccc2OC)cc1.[LiH]. The monoisotopic (exact) mass is 354 g/mol. The van der Waals surface area contributed by atoms with Crippen LogP contribution in [0.15, 0.2) is 42.5 Å². The second-order valence-electron chi connectivity index (χ2n) is 5.22. The van der Waals surface area contributed by atoms with Crippen LogP contribution < -0.4 is 19.5 Å². The van der Waals surface area contributed by atoms with Crippen LogP contribution in [0.4, 0.5) is 0 Å². The van der Waals surface area contributed by atoms with Crippen LogP contribution in [-0.2, 0) is 0 Å². The van der Waals surface area contributed by atoms with Crippen molar-refractivity contribution in [1.82, 2.24) is 0 Å². The first-order chi connectivity index (χ1) is 11.7. The van der Waals surface area contributed by atoms with Gasteiger partial charge < -0.3 is 14.2 Å². The van der Waals surface area contributed by atoms with E-state index >= 15 is 0 Å². The van der Waals surface area contributed by atoms with Crippen LogP contribution in [0.2, 0.25) is 0 Å². The molecular weight excluding hydrogens is 330 g/mol. The summed E-state index contributed by atoms with van der Waals surface area (Å²) < 4.78 is 16.3. The van der Waals surface area contributed by atoms with Crippen molar-refractivity contribution in [3.63, 3.8) is 0 Å². The number of carbonyl (C=O) groups excluding carboxylic acids is 1. The van der Waals surface area contributed by atoms with Gasteiger partial charge in [0.2, 0.25) is 0 Å². The van der Waals surface area contributed by atoms with E-state index in [1.165, 1.54) is 0 Å². The van der Waals surface area contributed by atoms with E-state index < -0.39 is 0 Å². The molecule has 0 amide bonds. The summed E-state index contributed by atoms with van der Waals surface area (Å²) in [6.07, 6.45) is 2.14. The molecule has 0 N–H and O–H groups in total. The molecule has 0 aliphatic heterocycles. The third-order valence-electron chi connectivity index (χ3n) is 3.53. The van der Waals surface area contributed by atoms with E-state index in [1.54, 1.807) is 32.4 Å². The molecule has 0 bridgehead atoms. The molecule has 2 rings (SSSR count). The number of methoxy groups -OCH3 is 2. The number of rotatable bonds is 9. The average molecular weight is 354 g/mol. The van der Waals surface area contributed by atoms with E-state index in [0.29, 0.717) is 17.1 Å². The Morgan fingerprint density at radius 3 is 2.12 bits per heavy atom. The van der Waals surface area contributed by atoms with Crippen molar-refractivity contribution in [2.24, 2.45) is 0 Å². The fraction of sp³-hybridized carbons (Fsp3) is 0.316. The van der Waals surface area contributed by atoms with Gasteiger partial charge in [-0.1, -0.05) is 31.5 Å². The molecule has 0 aromatic heterocycles. The van der Waals surface area contributed by atoms with Crippen molar-refractivity contribution in [3.8, 4) is 17.2 Å². The summed E-state index contributed by atoms with van der Waals surface area (Å²) in [6, 6.07) is 13.0. The van der Waals surface area contributed by atoms with Crippen LogP contribution in [0.5, 0.6) is 17.2 Å². The van der Waals surface area contributed by atoms with Gasteiger partial charge in [-0.15, -0.1) is 0 Å². The van der Waals surface area contributed by atoms with Gasteiger partial charge in [-0.2, -0.15) is 0 Å². The van der Waals surface area contributed by atoms with Crippen molar-refractivity contribution in [2.45, 2.75) is 19.8 Å². The van der Waals surface area contributed by atoms with Crippen LogP contribution in [0.25, 0.3) is 0 Å². The summed E-state index contributed by atoms with van der Waals surface area (Å²) in [4.78, 5) is 12.7. The maximum absolute atomic E-state index is 12.7. The summed E-state index contributed by atoms with van der Waals surface area (Å²) in [6.45, 7) is 2.85. The van der Waals surface area contributed by atoms with Crippen LogP contribution in [0, 0.1) is 0 Å². The van der Waals surface area contributed by atoms with E-state index in [0.717, 1.165) is 30.5 Å². The zero-order valence-corrected chi connectivity index (χ0v) is 15.3. The minimum atomic E-state index is -0.0102. The molecule has 0 heterocycles. The fourth-order valence-corrected chi connectivity index (χ4v) is 3.20. The molecule has 0 fully saturated rings. The number of benzene rings is 2. The second-order valence-corrected chi connectivity index (χ2v) is 6.50. The van der Waals surface area contributed by atoms with Crippen LogP contribution >= 0.6 is 8.58 Å². The number of ether oxygens (including phenoxy) is 3. The Balaban J connectivity index is 0.00000312. The standard InChI is InChI=1S/C19H23O4P.Li.H/c1-4-5-13-23-14-9-11-15(12-10-14)24-19(20)18-16(21-2)7-6-8-17(18)22-3;;/h6-12,24H,4-5,13H2,1-3H3;;. The van der Waals surface area contributed by atoms with Gasteiger partial charge in [0.05, 0.1) is 20.8 Å². The summed E-state index contributed by atoms with van der Waals surface area (Å²) in [7, 11) is 3.10. The molecule has 2 aromatic rings. The van der Waals surface area contributed by atoms with E-state index in [9.17, 15) is 4.79 Å². The first-order valence-electron chi connectivity index (χ1n) is 7.94. The molecule has 0 saturated heterocycles. The number of hydrogen-bond donors (Lipinski definition) is 0. The van der Waals surface area contributed by atoms with Crippen LogP contribution in [0.3, 0.4) is 0 Å². The molecule has 0 radical (unpaired) electrons. The Kier molecular flexibility index (Phi) is 9.68. The van der Waals surface area contributed by atoms with E-state index in [4.69, 9.17) is 14.2 Å². The Bertz CT molecular complexity index is 651. The zero-order chi connectivity index (χ0) is 17.4. The van der Waals surface area contributed by atoms with Gasteiger partial charge in [0.1, 0.15) is 22.8 Å². The zero-order valence-electron chi connectivity index (χ0n) is 14.3. The van der Waals surface area contributed by atoms with Gasteiger partial charge in [-0.05, 0) is 44.6 Å². The summed E-state index contributed by atoms with van der Waals surface area (Å²) in [5.74, 6) is 1.90. The average Bonchev–Trinajstić information content (AvgIpc) is 2.62. The van der Waals surface area contributed by atoms with Crippen molar-refractivity contribution < 1.29 is 19.0 Å². The topological polar surface area (TPSA) is 44.8 Å². The number of hydrogen-bond acceptors (Lipinski definition) is 4. The Morgan fingerprint density at radius 1 is 1.00 bits per heavy atom. The predicted octanol–water partition coefficient (Wildman–Crippen LogP) is 3.38. The summed E-state index contributed by atoms with van der Waals surface area (Å²) in [5, 5.41) is 0.954. The second kappa shape index (κ2) is 11.2. The number of carbonyl (C=O) groups is 1. The van der Waals surface area contributed by atoms with E-state index in [2.05, 4.69) is 6.92 Å². The van der Waals surface area contributed by atoms with Crippen molar-refractivity contribution in [1.29, 1.82) is 0 Å². The molecule has 0 spiro atoms. The van der Waals surface area contributed by atoms with Crippen LogP contribution in [0.1, 0.15) is 30.1 Å². The van der Waals surface area contributed by atoms with Crippen molar-refractivity contribution >= 4 is 38.3 Å². The van der Waals surface area contributed by atoms with Gasteiger partial charge in [-0.3, -0.25) is 4.79 Å². The van der Waals surface area contributed by atoms with Gasteiger partial charge in [-0.25, -0.2) is 0 Å². The van der Waals surface area contributed by atoms with Crippen molar-refractivity contribution in [2.75, 3.05) is 20.8 Å². The molecule has 25 heavy (non-hydrogen) atoms. The Labute approximate surface area is 163 Å². The first-order valence-corrected chi connectivity index (χ1v) is 8.94. The molecule has 0 saturated carbocycles. The van der Waals surface area contributed by atoms with Gasteiger partial charge in [0, 0.05) is 0 Å². The van der Waals surface area contributed by atoms with Gasteiger partial charge in [0.25, 0.3) is 0 Å². The first kappa shape index (κ1) is 21.6. The molecule has 0 aliphatic rings. The molecule has 1 unspecified atom stereocenters. The molecule has 0 aliphatic carbocycles. The van der Waals surface area contributed by atoms with Gasteiger partial charge >= 0.3 is 18.9 Å². The minimum absolute atomic E-state index is 0. The van der Waals surface area contributed by atoms with E-state index in [1.807, 2.05) is 24.3 Å². The third kappa shape index (κ3) is 6.08. The molecule has 130 valence electrons. The molecule has 6 heteroatoms. The van der Waals surface area contributed by atoms with E-state index in [-0.39, 0.29) is 33.0 Å². The third-order valence-corrected chi connectivity index (χ3v) is 4.63. The molecule has 1 atom stereocenters. The predicted molar refractivity (Wildman–Crippen MR) is 106 cm³/mol.